The molecule has 0 amide bonds. The maximum Gasteiger partial charge on any atom is 0.363 e. The molecule has 1 aromatic rings. The second kappa shape index (κ2) is 4.32. The maximum atomic E-state index is 13.1. The SMILES string of the molecule is CCOC(=O)C(F)n1cnc(C#N)n1. The van der Waals surface area contributed by atoms with Crippen molar-refractivity contribution >= 4 is 5.97 Å². The van der Waals surface area contributed by atoms with E-state index in [1.165, 1.54) is 0 Å². The first-order valence-electron chi connectivity index (χ1n) is 3.81. The number of ether oxygens (including phenoxy) is 1. The van der Waals surface area contributed by atoms with E-state index < -0.39 is 12.3 Å². The maximum absolute atomic E-state index is 13.1. The Kier molecular flexibility index (Phi) is 3.12. The van der Waals surface area contributed by atoms with Gasteiger partial charge in [-0.2, -0.15) is 5.26 Å². The lowest BCUT2D eigenvalue weighted by Gasteiger charge is -2.05. The Hall–Kier alpha value is -1.97. The highest BCUT2D eigenvalue weighted by Crippen LogP contribution is 2.08. The molecule has 7 heteroatoms. The summed E-state index contributed by atoms with van der Waals surface area (Å²) in [5.41, 5.74) is 0. The standard InChI is InChI=1S/C7H7FN4O2/c1-2-14-7(13)6(8)12-4-10-5(3-9)11-12/h4,6H,2H2,1H3. The lowest BCUT2D eigenvalue weighted by atomic mass is 10.6. The largest absolute Gasteiger partial charge is 0.462 e. The van der Waals surface area contributed by atoms with Gasteiger partial charge >= 0.3 is 5.97 Å². The molecule has 0 radical (unpaired) electrons. The summed E-state index contributed by atoms with van der Waals surface area (Å²) in [5.74, 6) is -1.25. The van der Waals surface area contributed by atoms with Crippen molar-refractivity contribution in [3.8, 4) is 6.07 Å². The third-order valence-electron chi connectivity index (χ3n) is 1.32. The molecular weight excluding hydrogens is 191 g/mol. The van der Waals surface area contributed by atoms with Crippen molar-refractivity contribution in [1.29, 1.82) is 5.26 Å². The molecule has 0 aromatic carbocycles. The topological polar surface area (TPSA) is 80.8 Å². The Labute approximate surface area is 78.9 Å². The van der Waals surface area contributed by atoms with E-state index in [0.29, 0.717) is 4.68 Å². The van der Waals surface area contributed by atoms with Crippen LogP contribution in [0.3, 0.4) is 0 Å². The van der Waals surface area contributed by atoms with Gasteiger partial charge in [0.25, 0.3) is 12.1 Å². The number of carbonyl (C=O) groups is 1. The van der Waals surface area contributed by atoms with Gasteiger partial charge in [-0.3, -0.25) is 0 Å². The smallest absolute Gasteiger partial charge is 0.363 e. The average molecular weight is 198 g/mol. The van der Waals surface area contributed by atoms with Crippen molar-refractivity contribution in [3.63, 3.8) is 0 Å². The van der Waals surface area contributed by atoms with Crippen LogP contribution in [0.4, 0.5) is 4.39 Å². The van der Waals surface area contributed by atoms with E-state index >= 15 is 0 Å². The second-order valence-electron chi connectivity index (χ2n) is 2.25. The van der Waals surface area contributed by atoms with E-state index in [-0.39, 0.29) is 12.4 Å². The van der Waals surface area contributed by atoms with Gasteiger partial charge < -0.3 is 4.74 Å². The van der Waals surface area contributed by atoms with Crippen LogP contribution < -0.4 is 0 Å². The molecule has 1 heterocycles. The molecule has 1 unspecified atom stereocenters. The predicted molar refractivity (Wildman–Crippen MR) is 41.5 cm³/mol. The fourth-order valence-corrected chi connectivity index (χ4v) is 0.754. The van der Waals surface area contributed by atoms with Crippen LogP contribution in [-0.2, 0) is 9.53 Å². The quantitative estimate of drug-likeness (QED) is 0.647. The van der Waals surface area contributed by atoms with Crippen LogP contribution in [-0.4, -0.2) is 27.3 Å². The number of nitriles is 1. The minimum absolute atomic E-state index is 0.0824. The number of alkyl halides is 1. The van der Waals surface area contributed by atoms with Crippen LogP contribution in [0.2, 0.25) is 0 Å². The van der Waals surface area contributed by atoms with Crippen molar-refractivity contribution < 1.29 is 13.9 Å². The van der Waals surface area contributed by atoms with Crippen molar-refractivity contribution in [2.24, 2.45) is 0 Å². The molecule has 0 fully saturated rings. The number of esters is 1. The van der Waals surface area contributed by atoms with Gasteiger partial charge in [-0.1, -0.05) is 0 Å². The Balaban J connectivity index is 2.74. The van der Waals surface area contributed by atoms with Crippen molar-refractivity contribution in [1.82, 2.24) is 14.8 Å². The molecule has 14 heavy (non-hydrogen) atoms. The first-order chi connectivity index (χ1) is 6.69. The molecule has 1 aromatic heterocycles. The molecule has 0 bridgehead atoms. The van der Waals surface area contributed by atoms with E-state index in [1.807, 2.05) is 0 Å². The number of hydrogen-bond donors (Lipinski definition) is 0. The van der Waals surface area contributed by atoms with Crippen LogP contribution in [0.5, 0.6) is 0 Å². The van der Waals surface area contributed by atoms with Crippen LogP contribution in [0.1, 0.15) is 19.0 Å². The van der Waals surface area contributed by atoms with Crippen LogP contribution in [0, 0.1) is 11.3 Å². The molecule has 1 atom stereocenters. The summed E-state index contributed by atoms with van der Waals surface area (Å²) >= 11 is 0. The van der Waals surface area contributed by atoms with Crippen LogP contribution >= 0.6 is 0 Å². The lowest BCUT2D eigenvalue weighted by Crippen LogP contribution is -2.18. The van der Waals surface area contributed by atoms with Gasteiger partial charge in [0.1, 0.15) is 12.4 Å². The predicted octanol–water partition coefficient (Wildman–Crippen LogP) is 0.181. The minimum atomic E-state index is -2.05. The van der Waals surface area contributed by atoms with E-state index in [2.05, 4.69) is 14.8 Å². The minimum Gasteiger partial charge on any atom is -0.462 e. The number of hydrogen-bond acceptors (Lipinski definition) is 5. The zero-order valence-electron chi connectivity index (χ0n) is 7.35. The third kappa shape index (κ3) is 2.04. The Morgan fingerprint density at radius 1 is 1.93 bits per heavy atom. The molecule has 6 nitrogen and oxygen atoms in total. The molecule has 74 valence electrons. The van der Waals surface area contributed by atoms with E-state index in [1.54, 1.807) is 13.0 Å². The van der Waals surface area contributed by atoms with E-state index in [4.69, 9.17) is 5.26 Å². The number of halogens is 1. The van der Waals surface area contributed by atoms with Crippen LogP contribution in [0.25, 0.3) is 0 Å². The fourth-order valence-electron chi connectivity index (χ4n) is 0.754. The first-order valence-corrected chi connectivity index (χ1v) is 3.81. The van der Waals surface area contributed by atoms with Crippen molar-refractivity contribution in [2.45, 2.75) is 13.2 Å². The van der Waals surface area contributed by atoms with Gasteiger partial charge in [0.05, 0.1) is 6.61 Å². The molecule has 0 aliphatic carbocycles. The normalized spacial score (nSPS) is 11.8. The number of nitrogens with zero attached hydrogens (tertiary/aromatic N) is 4. The second-order valence-corrected chi connectivity index (χ2v) is 2.25. The average Bonchev–Trinajstić information content (AvgIpc) is 2.65. The molecule has 1 rings (SSSR count). The van der Waals surface area contributed by atoms with Crippen LogP contribution in [0.15, 0.2) is 6.33 Å². The zero-order chi connectivity index (χ0) is 10.6. The third-order valence-corrected chi connectivity index (χ3v) is 1.32. The van der Waals surface area contributed by atoms with Gasteiger partial charge in [0.2, 0.25) is 0 Å². The monoisotopic (exact) mass is 198 g/mol. The van der Waals surface area contributed by atoms with Crippen molar-refractivity contribution in [3.05, 3.63) is 12.2 Å². The van der Waals surface area contributed by atoms with E-state index in [0.717, 1.165) is 6.33 Å². The Morgan fingerprint density at radius 3 is 3.14 bits per heavy atom. The highest BCUT2D eigenvalue weighted by molar-refractivity contribution is 5.72. The van der Waals surface area contributed by atoms with Gasteiger partial charge in [-0.05, 0) is 6.92 Å². The molecule has 0 saturated carbocycles. The fraction of sp³-hybridized carbons (Fsp3) is 0.429. The highest BCUT2D eigenvalue weighted by Gasteiger charge is 2.21. The molecule has 0 N–H and O–H groups in total. The van der Waals surface area contributed by atoms with Gasteiger partial charge in [0, 0.05) is 0 Å². The summed E-state index contributed by atoms with van der Waals surface area (Å²) in [4.78, 5) is 14.3. The zero-order valence-corrected chi connectivity index (χ0v) is 7.35. The lowest BCUT2D eigenvalue weighted by molar-refractivity contribution is -0.153. The van der Waals surface area contributed by atoms with Gasteiger partial charge in [-0.15, -0.1) is 5.10 Å². The summed E-state index contributed by atoms with van der Waals surface area (Å²) in [6.45, 7) is 1.64. The Bertz CT molecular complexity index is 370. The number of carbonyl (C=O) groups excluding carboxylic acids is 1. The molecule has 0 spiro atoms. The summed E-state index contributed by atoms with van der Waals surface area (Å²) in [6, 6.07) is 1.61. The summed E-state index contributed by atoms with van der Waals surface area (Å²) in [5, 5.41) is 11.7. The molecule has 0 aliphatic heterocycles. The number of aromatic nitrogens is 3. The summed E-state index contributed by atoms with van der Waals surface area (Å²) in [6.07, 6.45) is -1.09. The summed E-state index contributed by atoms with van der Waals surface area (Å²) < 4.78 is 18.2. The molecular formula is C7H7FN4O2. The first kappa shape index (κ1) is 10.1. The van der Waals surface area contributed by atoms with Gasteiger partial charge in [0.15, 0.2) is 0 Å². The highest BCUT2D eigenvalue weighted by atomic mass is 19.1. The molecule has 0 aliphatic rings. The molecule has 0 saturated heterocycles. The Morgan fingerprint density at radius 2 is 2.64 bits per heavy atom. The van der Waals surface area contributed by atoms with Gasteiger partial charge in [-0.25, -0.2) is 18.9 Å². The van der Waals surface area contributed by atoms with Crippen molar-refractivity contribution in [2.75, 3.05) is 6.61 Å². The van der Waals surface area contributed by atoms with E-state index in [9.17, 15) is 9.18 Å². The number of rotatable bonds is 3. The summed E-state index contributed by atoms with van der Waals surface area (Å²) in [7, 11) is 0.